The minimum absolute atomic E-state index is 0.0206. The molecule has 3 heteroatoms. The Morgan fingerprint density at radius 2 is 1.74 bits per heavy atom. The van der Waals surface area contributed by atoms with E-state index in [1.807, 2.05) is 61.5 Å². The molecule has 2 nitrogen and oxygen atoms in total. The predicted molar refractivity (Wildman–Crippen MR) is 82.7 cm³/mol. The number of carbonyl (C=O) groups is 1. The van der Waals surface area contributed by atoms with Crippen LogP contribution in [0.15, 0.2) is 54.6 Å². The van der Waals surface area contributed by atoms with Crippen LogP contribution in [0.1, 0.15) is 11.1 Å². The molecule has 0 aromatic heterocycles. The molecule has 98 valence electrons. The molecule has 19 heavy (non-hydrogen) atoms. The lowest BCUT2D eigenvalue weighted by Gasteiger charge is -2.11. The minimum atomic E-state index is -0.226. The van der Waals surface area contributed by atoms with E-state index in [-0.39, 0.29) is 10.7 Å². The number of hydrogen-bond donors (Lipinski definition) is 1. The summed E-state index contributed by atoms with van der Waals surface area (Å²) in [5.74, 6) is -0.0206. The van der Waals surface area contributed by atoms with Gasteiger partial charge in [-0.15, -0.1) is 0 Å². The molecule has 0 bridgehead atoms. The summed E-state index contributed by atoms with van der Waals surface area (Å²) < 4.78 is 0. The smallest absolute Gasteiger partial charge is 0.238 e. The highest BCUT2D eigenvalue weighted by Gasteiger charge is 2.15. The molecule has 0 aliphatic heterocycles. The number of aryl methyl sites for hydroxylation is 1. The highest BCUT2D eigenvalue weighted by Crippen LogP contribution is 2.14. The quantitative estimate of drug-likeness (QED) is 0.850. The van der Waals surface area contributed by atoms with Crippen LogP contribution in [-0.2, 0) is 11.2 Å². The second kappa shape index (κ2) is 6.53. The van der Waals surface area contributed by atoms with Gasteiger partial charge in [-0.2, -0.15) is 0 Å². The highest BCUT2D eigenvalue weighted by molar-refractivity contribution is 9.10. The van der Waals surface area contributed by atoms with Gasteiger partial charge in [-0.3, -0.25) is 4.79 Å². The molecule has 0 unspecified atom stereocenters. The fourth-order valence-corrected chi connectivity index (χ4v) is 2.26. The summed E-state index contributed by atoms with van der Waals surface area (Å²) in [4.78, 5) is 11.8. The van der Waals surface area contributed by atoms with Gasteiger partial charge in [0.15, 0.2) is 0 Å². The Morgan fingerprint density at radius 1 is 1.11 bits per heavy atom. The second-order valence-corrected chi connectivity index (χ2v) is 5.62. The highest BCUT2D eigenvalue weighted by atomic mass is 79.9. The van der Waals surface area contributed by atoms with Crippen LogP contribution in [0.2, 0.25) is 0 Å². The summed E-state index contributed by atoms with van der Waals surface area (Å²) in [5, 5.41) is 2.90. The minimum Gasteiger partial charge on any atom is -0.325 e. The fraction of sp³-hybridized carbons (Fsp3) is 0.188. The van der Waals surface area contributed by atoms with Crippen LogP contribution in [0.3, 0.4) is 0 Å². The van der Waals surface area contributed by atoms with Crippen molar-refractivity contribution in [1.29, 1.82) is 0 Å². The number of amides is 1. The van der Waals surface area contributed by atoms with E-state index in [4.69, 9.17) is 0 Å². The molecule has 0 heterocycles. The molecule has 0 saturated heterocycles. The largest absolute Gasteiger partial charge is 0.325 e. The van der Waals surface area contributed by atoms with Crippen molar-refractivity contribution in [3.63, 3.8) is 0 Å². The standard InChI is InChI=1S/C16H16BrNO/c1-12-7-9-14(10-8-12)18-16(19)15(17)11-13-5-3-2-4-6-13/h2-10,15H,11H2,1H3,(H,18,19)/t15-/m1/s1. The number of alkyl halides is 1. The predicted octanol–water partition coefficient (Wildman–Crippen LogP) is 3.94. The average Bonchev–Trinajstić information content (AvgIpc) is 2.42. The molecule has 2 rings (SSSR count). The lowest BCUT2D eigenvalue weighted by molar-refractivity contribution is -0.115. The number of carbonyl (C=O) groups excluding carboxylic acids is 1. The van der Waals surface area contributed by atoms with Gasteiger partial charge in [-0.05, 0) is 31.0 Å². The van der Waals surface area contributed by atoms with Crippen LogP contribution in [0.4, 0.5) is 5.69 Å². The van der Waals surface area contributed by atoms with Crippen LogP contribution >= 0.6 is 15.9 Å². The molecule has 0 aliphatic carbocycles. The van der Waals surface area contributed by atoms with Crippen molar-refractivity contribution in [2.75, 3.05) is 5.32 Å². The SMILES string of the molecule is Cc1ccc(NC(=O)[C@H](Br)Cc2ccccc2)cc1. The third kappa shape index (κ3) is 4.21. The lowest BCUT2D eigenvalue weighted by atomic mass is 10.1. The van der Waals surface area contributed by atoms with Crippen molar-refractivity contribution in [2.24, 2.45) is 0 Å². The van der Waals surface area contributed by atoms with E-state index >= 15 is 0 Å². The summed E-state index contributed by atoms with van der Waals surface area (Å²) in [5.41, 5.74) is 3.15. The summed E-state index contributed by atoms with van der Waals surface area (Å²) in [6, 6.07) is 17.8. The zero-order valence-corrected chi connectivity index (χ0v) is 12.4. The first kappa shape index (κ1) is 13.8. The maximum absolute atomic E-state index is 12.0. The summed E-state index contributed by atoms with van der Waals surface area (Å²) in [7, 11) is 0. The van der Waals surface area contributed by atoms with Crippen LogP contribution < -0.4 is 5.32 Å². The molecule has 1 atom stereocenters. The van der Waals surface area contributed by atoms with Crippen LogP contribution in [-0.4, -0.2) is 10.7 Å². The van der Waals surface area contributed by atoms with Gasteiger partial charge >= 0.3 is 0 Å². The van der Waals surface area contributed by atoms with Gasteiger partial charge < -0.3 is 5.32 Å². The molecule has 2 aromatic carbocycles. The van der Waals surface area contributed by atoms with E-state index in [0.29, 0.717) is 6.42 Å². The number of anilines is 1. The van der Waals surface area contributed by atoms with Crippen molar-refractivity contribution in [2.45, 2.75) is 18.2 Å². The third-order valence-corrected chi connectivity index (χ3v) is 3.60. The molecular formula is C16H16BrNO. The molecule has 0 radical (unpaired) electrons. The molecule has 2 aromatic rings. The zero-order valence-electron chi connectivity index (χ0n) is 10.8. The van der Waals surface area contributed by atoms with E-state index in [0.717, 1.165) is 11.3 Å². The van der Waals surface area contributed by atoms with Crippen LogP contribution in [0.5, 0.6) is 0 Å². The Bertz CT molecular complexity index is 536. The van der Waals surface area contributed by atoms with E-state index in [9.17, 15) is 4.79 Å². The van der Waals surface area contributed by atoms with Crippen molar-refractivity contribution >= 4 is 27.5 Å². The normalized spacial score (nSPS) is 11.9. The van der Waals surface area contributed by atoms with E-state index < -0.39 is 0 Å². The number of halogens is 1. The van der Waals surface area contributed by atoms with Gasteiger partial charge in [-0.1, -0.05) is 64.0 Å². The number of hydrogen-bond acceptors (Lipinski definition) is 1. The number of rotatable bonds is 4. The molecule has 0 spiro atoms. The Balaban J connectivity index is 1.94. The first-order chi connectivity index (χ1) is 9.15. The maximum atomic E-state index is 12.0. The Morgan fingerprint density at radius 3 is 2.37 bits per heavy atom. The average molecular weight is 318 g/mol. The Hall–Kier alpha value is -1.61. The van der Waals surface area contributed by atoms with Gasteiger partial charge in [-0.25, -0.2) is 0 Å². The second-order valence-electron chi connectivity index (χ2n) is 4.51. The summed E-state index contributed by atoms with van der Waals surface area (Å²) in [6.07, 6.45) is 0.679. The Kier molecular flexibility index (Phi) is 4.74. The molecule has 1 amide bonds. The lowest BCUT2D eigenvalue weighted by Crippen LogP contribution is -2.24. The Labute approximate surface area is 122 Å². The summed E-state index contributed by atoms with van der Waals surface area (Å²) >= 11 is 3.44. The molecule has 1 N–H and O–H groups in total. The van der Waals surface area contributed by atoms with Gasteiger partial charge in [0.2, 0.25) is 5.91 Å². The topological polar surface area (TPSA) is 29.1 Å². The van der Waals surface area contributed by atoms with Crippen molar-refractivity contribution < 1.29 is 4.79 Å². The monoisotopic (exact) mass is 317 g/mol. The molecular weight excluding hydrogens is 302 g/mol. The van der Waals surface area contributed by atoms with Crippen molar-refractivity contribution in [3.8, 4) is 0 Å². The van der Waals surface area contributed by atoms with E-state index in [2.05, 4.69) is 21.2 Å². The number of benzene rings is 2. The molecule has 0 saturated carbocycles. The van der Waals surface area contributed by atoms with Crippen molar-refractivity contribution in [3.05, 3.63) is 65.7 Å². The third-order valence-electron chi connectivity index (χ3n) is 2.86. The van der Waals surface area contributed by atoms with Gasteiger partial charge in [0.05, 0.1) is 4.83 Å². The van der Waals surface area contributed by atoms with Crippen molar-refractivity contribution in [1.82, 2.24) is 0 Å². The van der Waals surface area contributed by atoms with Crippen LogP contribution in [0.25, 0.3) is 0 Å². The van der Waals surface area contributed by atoms with Gasteiger partial charge in [0.1, 0.15) is 0 Å². The fourth-order valence-electron chi connectivity index (χ4n) is 1.77. The van der Waals surface area contributed by atoms with Gasteiger partial charge in [0.25, 0.3) is 0 Å². The van der Waals surface area contributed by atoms with Crippen LogP contribution in [0, 0.1) is 6.92 Å². The first-order valence-corrected chi connectivity index (χ1v) is 7.12. The maximum Gasteiger partial charge on any atom is 0.238 e. The first-order valence-electron chi connectivity index (χ1n) is 6.20. The summed E-state index contributed by atoms with van der Waals surface area (Å²) in [6.45, 7) is 2.02. The molecule has 0 aliphatic rings. The van der Waals surface area contributed by atoms with E-state index in [1.165, 1.54) is 5.56 Å². The zero-order chi connectivity index (χ0) is 13.7. The molecule has 0 fully saturated rings. The van der Waals surface area contributed by atoms with Gasteiger partial charge in [0, 0.05) is 5.69 Å². The number of nitrogens with one attached hydrogen (secondary N) is 1. The van der Waals surface area contributed by atoms with E-state index in [1.54, 1.807) is 0 Å².